The lowest BCUT2D eigenvalue weighted by atomic mass is 9.81. The highest BCUT2D eigenvalue weighted by molar-refractivity contribution is 7.87. The van der Waals surface area contributed by atoms with Crippen LogP contribution in [0.5, 0.6) is 5.75 Å². The normalized spacial score (nSPS) is 23.4. The van der Waals surface area contributed by atoms with Gasteiger partial charge in [-0.05, 0) is 93.6 Å². The van der Waals surface area contributed by atoms with E-state index < -0.39 is 21.7 Å². The fraction of sp³-hybridized carbons (Fsp3) is 0.583. The Morgan fingerprint density at radius 2 is 1.74 bits per heavy atom. The summed E-state index contributed by atoms with van der Waals surface area (Å²) in [6.45, 7) is 8.34. The van der Waals surface area contributed by atoms with Gasteiger partial charge in [0.15, 0.2) is 0 Å². The Morgan fingerprint density at radius 1 is 0.957 bits per heavy atom. The largest absolute Gasteiger partial charge is 0.497 e. The van der Waals surface area contributed by atoms with Gasteiger partial charge in [0.2, 0.25) is 0 Å². The molecule has 3 fully saturated rings. The fourth-order valence-corrected chi connectivity index (χ4v) is 9.21. The molecule has 4 aliphatic rings. The zero-order chi connectivity index (χ0) is 32.8. The maximum absolute atomic E-state index is 13.4. The number of rotatable bonds is 8. The van der Waals surface area contributed by atoms with Crippen molar-refractivity contribution in [1.29, 1.82) is 0 Å². The van der Waals surface area contributed by atoms with Crippen LogP contribution in [-0.2, 0) is 27.9 Å². The van der Waals surface area contributed by atoms with Crippen LogP contribution < -0.4 is 9.46 Å². The predicted molar refractivity (Wildman–Crippen MR) is 184 cm³/mol. The maximum atomic E-state index is 13.4. The molecule has 1 saturated carbocycles. The highest BCUT2D eigenvalue weighted by Gasteiger charge is 2.37. The van der Waals surface area contributed by atoms with Crippen molar-refractivity contribution >= 4 is 27.0 Å². The quantitative estimate of drug-likeness (QED) is 0.364. The molecule has 2 aromatic carbocycles. The number of amides is 1. The lowest BCUT2D eigenvalue weighted by Crippen LogP contribution is -2.49. The van der Waals surface area contributed by atoms with Crippen molar-refractivity contribution < 1.29 is 22.7 Å². The standard InChI is InChI=1S/C36H49N5O5S/c1-36(46-25-39-16-7-15-38(2)19-20-39)23-28-21-29(45-3)12-14-30(28)34-33(26-9-5-4-6-10-26)31-13-11-27(22-32(31)41(34)24-36)35(42)37-47(43,44)40-17-8-18-40/h11-14,21-22,26H,4-10,15-20,23-25H2,1-3H3,(H,37,42). The number of ether oxygens (including phenoxy) is 2. The number of nitrogens with one attached hydrogen (secondary N) is 1. The van der Waals surface area contributed by atoms with Crippen LogP contribution >= 0.6 is 0 Å². The zero-order valence-corrected chi connectivity index (χ0v) is 28.9. The van der Waals surface area contributed by atoms with Gasteiger partial charge in [0.05, 0.1) is 31.7 Å². The number of carbonyl (C=O) groups is 1. The predicted octanol–water partition coefficient (Wildman–Crippen LogP) is 4.97. The van der Waals surface area contributed by atoms with Crippen LogP contribution in [0.15, 0.2) is 36.4 Å². The zero-order valence-electron chi connectivity index (χ0n) is 28.1. The highest BCUT2D eigenvalue weighted by Crippen LogP contribution is 2.48. The number of nitrogens with zero attached hydrogens (tertiary/aromatic N) is 4. The molecule has 0 spiro atoms. The van der Waals surface area contributed by atoms with Gasteiger partial charge in [0.25, 0.3) is 5.91 Å². The van der Waals surface area contributed by atoms with Gasteiger partial charge in [-0.2, -0.15) is 12.7 Å². The molecule has 1 atom stereocenters. The first kappa shape index (κ1) is 32.6. The Bertz CT molecular complexity index is 1750. The van der Waals surface area contributed by atoms with Crippen LogP contribution in [-0.4, -0.2) is 98.8 Å². The SMILES string of the molecule is COc1ccc2c(c1)CC(C)(OCN1CCCN(C)CC1)Cn1c-2c(C2CCCCC2)c2ccc(C(=O)NS(=O)(=O)N3CCC3)cc21. The van der Waals surface area contributed by atoms with Crippen molar-refractivity contribution in [2.24, 2.45) is 0 Å². The summed E-state index contributed by atoms with van der Waals surface area (Å²) in [6, 6.07) is 12.1. The summed E-state index contributed by atoms with van der Waals surface area (Å²) in [5.41, 5.74) is 5.65. The second kappa shape index (κ2) is 13.2. The third kappa shape index (κ3) is 6.57. The molecular weight excluding hydrogens is 614 g/mol. The third-order valence-electron chi connectivity index (χ3n) is 10.8. The van der Waals surface area contributed by atoms with E-state index in [0.717, 1.165) is 74.9 Å². The molecule has 1 aromatic heterocycles. The average molecular weight is 664 g/mol. The molecule has 47 heavy (non-hydrogen) atoms. The molecule has 7 rings (SSSR count). The summed E-state index contributed by atoms with van der Waals surface area (Å²) >= 11 is 0. The Morgan fingerprint density at radius 3 is 2.49 bits per heavy atom. The Balaban J connectivity index is 1.33. The highest BCUT2D eigenvalue weighted by atomic mass is 32.2. The summed E-state index contributed by atoms with van der Waals surface area (Å²) in [4.78, 5) is 18.2. The number of carbonyl (C=O) groups excluding carboxylic acids is 1. The van der Waals surface area contributed by atoms with E-state index in [4.69, 9.17) is 9.47 Å². The van der Waals surface area contributed by atoms with Crippen molar-refractivity contribution in [2.75, 3.05) is 60.2 Å². The van der Waals surface area contributed by atoms with Gasteiger partial charge in [-0.25, -0.2) is 4.72 Å². The van der Waals surface area contributed by atoms with Crippen LogP contribution in [0.3, 0.4) is 0 Å². The summed E-state index contributed by atoms with van der Waals surface area (Å²) in [6.07, 6.45) is 8.56. The van der Waals surface area contributed by atoms with E-state index in [2.05, 4.69) is 45.2 Å². The second-order valence-electron chi connectivity index (χ2n) is 14.3. The van der Waals surface area contributed by atoms with Gasteiger partial charge >= 0.3 is 10.2 Å². The number of likely N-dealkylation sites (N-methyl/N-ethyl adjacent to an activating group) is 1. The number of methoxy groups -OCH3 is 1. The molecule has 3 aliphatic heterocycles. The number of fused-ring (bicyclic) bond motifs is 5. The molecule has 3 aromatic rings. The number of hydrogen-bond acceptors (Lipinski definition) is 7. The topological polar surface area (TPSA) is 96.4 Å². The van der Waals surface area contributed by atoms with Crippen LogP contribution in [0.4, 0.5) is 0 Å². The van der Waals surface area contributed by atoms with Crippen molar-refractivity contribution in [1.82, 2.24) is 23.4 Å². The van der Waals surface area contributed by atoms with Gasteiger partial charge in [0, 0.05) is 61.2 Å². The first-order chi connectivity index (χ1) is 22.6. The lowest BCUT2D eigenvalue weighted by Gasteiger charge is -2.33. The van der Waals surface area contributed by atoms with Gasteiger partial charge in [-0.1, -0.05) is 25.3 Å². The van der Waals surface area contributed by atoms with Gasteiger partial charge < -0.3 is 18.9 Å². The minimum atomic E-state index is -3.86. The Labute approximate surface area is 279 Å². The minimum Gasteiger partial charge on any atom is -0.497 e. The Hall–Kier alpha value is -2.96. The van der Waals surface area contributed by atoms with Gasteiger partial charge in [0.1, 0.15) is 5.75 Å². The number of aromatic nitrogens is 1. The molecule has 0 radical (unpaired) electrons. The monoisotopic (exact) mass is 663 g/mol. The molecule has 1 amide bonds. The molecule has 2 saturated heterocycles. The first-order valence-corrected chi connectivity index (χ1v) is 18.8. The van der Waals surface area contributed by atoms with Crippen LogP contribution in [0.2, 0.25) is 0 Å². The van der Waals surface area contributed by atoms with Crippen molar-refractivity contribution in [3.8, 4) is 17.0 Å². The van der Waals surface area contributed by atoms with Crippen molar-refractivity contribution in [2.45, 2.75) is 76.4 Å². The number of hydrogen-bond donors (Lipinski definition) is 1. The summed E-state index contributed by atoms with van der Waals surface area (Å²) in [7, 11) is 0.0302. The second-order valence-corrected chi connectivity index (χ2v) is 16.0. The van der Waals surface area contributed by atoms with Gasteiger partial charge in [-0.15, -0.1) is 0 Å². The van der Waals surface area contributed by atoms with Crippen LogP contribution in [0.25, 0.3) is 22.2 Å². The van der Waals surface area contributed by atoms with Crippen LogP contribution in [0, 0.1) is 0 Å². The molecule has 11 heteroatoms. The molecule has 10 nitrogen and oxygen atoms in total. The smallest absolute Gasteiger partial charge is 0.304 e. The van der Waals surface area contributed by atoms with Crippen molar-refractivity contribution in [3.63, 3.8) is 0 Å². The average Bonchev–Trinajstić information content (AvgIpc) is 3.11. The fourth-order valence-electron chi connectivity index (χ4n) is 7.99. The van der Waals surface area contributed by atoms with E-state index in [1.807, 2.05) is 18.2 Å². The molecule has 4 heterocycles. The summed E-state index contributed by atoms with van der Waals surface area (Å²) in [5, 5.41) is 1.13. The summed E-state index contributed by atoms with van der Waals surface area (Å²) in [5.74, 6) is 0.633. The molecule has 1 N–H and O–H groups in total. The molecule has 254 valence electrons. The molecule has 1 aliphatic carbocycles. The number of benzene rings is 2. The van der Waals surface area contributed by atoms with E-state index >= 15 is 0 Å². The minimum absolute atomic E-state index is 0.340. The lowest BCUT2D eigenvalue weighted by molar-refractivity contribution is -0.0899. The van der Waals surface area contributed by atoms with E-state index in [-0.39, 0.29) is 0 Å². The Kier molecular flexibility index (Phi) is 9.12. The van der Waals surface area contributed by atoms with Gasteiger partial charge in [-0.3, -0.25) is 9.69 Å². The maximum Gasteiger partial charge on any atom is 0.304 e. The van der Waals surface area contributed by atoms with E-state index in [1.165, 1.54) is 46.0 Å². The third-order valence-corrected chi connectivity index (χ3v) is 12.3. The molecule has 1 unspecified atom stereocenters. The molecule has 0 bridgehead atoms. The van der Waals surface area contributed by atoms with E-state index in [1.54, 1.807) is 13.2 Å². The van der Waals surface area contributed by atoms with E-state index in [9.17, 15) is 13.2 Å². The van der Waals surface area contributed by atoms with Crippen LogP contribution in [0.1, 0.15) is 79.3 Å². The van der Waals surface area contributed by atoms with Crippen molar-refractivity contribution in [3.05, 3.63) is 53.1 Å². The molecular formula is C36H49N5O5S. The van der Waals surface area contributed by atoms with E-state index in [0.29, 0.717) is 37.8 Å². The first-order valence-electron chi connectivity index (χ1n) is 17.3. The summed E-state index contributed by atoms with van der Waals surface area (Å²) < 4.78 is 44.3.